The summed E-state index contributed by atoms with van der Waals surface area (Å²) < 4.78 is 11.0. The van der Waals surface area contributed by atoms with Gasteiger partial charge in [0, 0.05) is 12.0 Å². The van der Waals surface area contributed by atoms with Crippen LogP contribution < -0.4 is 9.47 Å². The minimum Gasteiger partial charge on any atom is -0.507 e. The summed E-state index contributed by atoms with van der Waals surface area (Å²) >= 11 is 6.12. The van der Waals surface area contributed by atoms with Gasteiger partial charge in [-0.2, -0.15) is 0 Å². The van der Waals surface area contributed by atoms with Gasteiger partial charge in [-0.25, -0.2) is 0 Å². The second-order valence-corrected chi connectivity index (χ2v) is 8.03. The number of ketones is 2. The van der Waals surface area contributed by atoms with Crippen molar-refractivity contribution in [2.45, 2.75) is 40.0 Å². The van der Waals surface area contributed by atoms with Crippen LogP contribution in [-0.2, 0) is 0 Å². The van der Waals surface area contributed by atoms with E-state index in [0.29, 0.717) is 12.8 Å². The Labute approximate surface area is 190 Å². The normalized spacial score (nSPS) is 15.3. The summed E-state index contributed by atoms with van der Waals surface area (Å²) in [4.78, 5) is 25.7. The Balaban J connectivity index is 2.47. The lowest BCUT2D eigenvalue weighted by Crippen LogP contribution is -2.27. The molecule has 172 valence electrons. The maximum absolute atomic E-state index is 12.9. The molecule has 1 unspecified atom stereocenters. The number of ether oxygens (including phenoxy) is 2. The number of carbonyl (C=O) groups excluding carboxylic acids is 2. The van der Waals surface area contributed by atoms with Gasteiger partial charge >= 0.3 is 0 Å². The summed E-state index contributed by atoms with van der Waals surface area (Å²) in [6, 6.07) is 0. The van der Waals surface area contributed by atoms with Crippen LogP contribution in [0.3, 0.4) is 0 Å². The first-order chi connectivity index (χ1) is 15.1. The van der Waals surface area contributed by atoms with Gasteiger partial charge in [0.2, 0.25) is 0 Å². The monoisotopic (exact) mass is 464 g/mol. The van der Waals surface area contributed by atoms with Crippen LogP contribution in [0.4, 0.5) is 0 Å². The molecule has 1 aliphatic rings. The topological polar surface area (TPSA) is 134 Å². The third kappa shape index (κ3) is 3.39. The number of aromatic hydroxyl groups is 4. The highest BCUT2D eigenvalue weighted by Crippen LogP contribution is 2.58. The lowest BCUT2D eigenvalue weighted by molar-refractivity contribution is 0.0822. The molecule has 0 aromatic heterocycles. The van der Waals surface area contributed by atoms with Crippen molar-refractivity contribution < 1.29 is 39.5 Å². The maximum atomic E-state index is 12.9. The molecular weight excluding hydrogens is 440 g/mol. The van der Waals surface area contributed by atoms with Crippen molar-refractivity contribution in [3.05, 3.63) is 21.7 Å². The van der Waals surface area contributed by atoms with Gasteiger partial charge in [0.05, 0.1) is 30.8 Å². The zero-order valence-corrected chi connectivity index (χ0v) is 19.0. The molecule has 0 radical (unpaired) electrons. The molecule has 0 amide bonds. The molecule has 0 saturated heterocycles. The number of hydrogen-bond donors (Lipinski definition) is 4. The van der Waals surface area contributed by atoms with Crippen molar-refractivity contribution in [2.24, 2.45) is 5.92 Å². The van der Waals surface area contributed by atoms with Crippen LogP contribution in [0.2, 0.25) is 5.02 Å². The van der Waals surface area contributed by atoms with Crippen molar-refractivity contribution >= 4 is 23.2 Å². The highest BCUT2D eigenvalue weighted by atomic mass is 35.5. The number of rotatable bonds is 6. The van der Waals surface area contributed by atoms with Gasteiger partial charge in [-0.15, -0.1) is 0 Å². The SMILES string of the molecule is CCCC(=O)c1c(O)c(-c2c(O)c(Cl)c(O)c3c2OCC(CC)C3=O)c(O)c(C)c1OC. The van der Waals surface area contributed by atoms with Crippen LogP contribution in [0, 0.1) is 12.8 Å². The summed E-state index contributed by atoms with van der Waals surface area (Å²) in [6.07, 6.45) is 1.04. The first-order valence-electron chi connectivity index (χ1n) is 10.2. The van der Waals surface area contributed by atoms with Crippen LogP contribution in [0.5, 0.6) is 34.5 Å². The number of halogens is 1. The van der Waals surface area contributed by atoms with E-state index in [-0.39, 0.29) is 52.3 Å². The number of benzene rings is 2. The minimum absolute atomic E-state index is 0.0107. The summed E-state index contributed by atoms with van der Waals surface area (Å²) in [5.74, 6) is -4.19. The fourth-order valence-electron chi connectivity index (χ4n) is 3.97. The molecule has 0 saturated carbocycles. The van der Waals surface area contributed by atoms with Gasteiger partial charge in [-0.3, -0.25) is 9.59 Å². The Morgan fingerprint density at radius 1 is 1.06 bits per heavy atom. The molecule has 8 nitrogen and oxygen atoms in total. The highest BCUT2D eigenvalue weighted by molar-refractivity contribution is 6.35. The van der Waals surface area contributed by atoms with Crippen molar-refractivity contribution in [3.8, 4) is 45.6 Å². The third-order valence-corrected chi connectivity index (χ3v) is 6.08. The van der Waals surface area contributed by atoms with E-state index in [1.54, 1.807) is 13.8 Å². The van der Waals surface area contributed by atoms with E-state index in [1.165, 1.54) is 14.0 Å². The molecule has 0 fully saturated rings. The Morgan fingerprint density at radius 2 is 1.69 bits per heavy atom. The van der Waals surface area contributed by atoms with E-state index in [0.717, 1.165) is 0 Å². The fourth-order valence-corrected chi connectivity index (χ4v) is 4.16. The first kappa shape index (κ1) is 23.5. The molecule has 1 heterocycles. The fraction of sp³-hybridized carbons (Fsp3) is 0.391. The van der Waals surface area contributed by atoms with Gasteiger partial charge in [0.25, 0.3) is 0 Å². The van der Waals surface area contributed by atoms with E-state index >= 15 is 0 Å². The number of methoxy groups -OCH3 is 1. The zero-order valence-electron chi connectivity index (χ0n) is 18.2. The second-order valence-electron chi connectivity index (χ2n) is 7.65. The molecule has 4 N–H and O–H groups in total. The van der Waals surface area contributed by atoms with Crippen LogP contribution in [-0.4, -0.2) is 45.7 Å². The van der Waals surface area contributed by atoms with E-state index in [4.69, 9.17) is 21.1 Å². The molecule has 2 aromatic rings. The van der Waals surface area contributed by atoms with Gasteiger partial charge in [-0.1, -0.05) is 25.4 Å². The molecule has 32 heavy (non-hydrogen) atoms. The van der Waals surface area contributed by atoms with E-state index in [2.05, 4.69) is 0 Å². The van der Waals surface area contributed by atoms with Gasteiger partial charge in [0.1, 0.15) is 44.9 Å². The maximum Gasteiger partial charge on any atom is 0.176 e. The van der Waals surface area contributed by atoms with Crippen LogP contribution in [0.1, 0.15) is 59.4 Å². The molecule has 0 spiro atoms. The highest BCUT2D eigenvalue weighted by Gasteiger charge is 2.39. The number of Topliss-reactive ketones (excluding diaryl/α,β-unsaturated/α-hetero) is 2. The Kier molecular flexibility index (Phi) is 6.46. The molecule has 0 bridgehead atoms. The van der Waals surface area contributed by atoms with Gasteiger partial charge in [-0.05, 0) is 19.8 Å². The predicted octanol–water partition coefficient (Wildman–Crippen LogP) is 4.73. The molecule has 9 heteroatoms. The van der Waals surface area contributed by atoms with Crippen molar-refractivity contribution in [2.75, 3.05) is 13.7 Å². The first-order valence-corrected chi connectivity index (χ1v) is 10.6. The standard InChI is InChI=1S/C23H25ClO8/c1-5-7-11(25)12-19(28)13(17(26)9(3)22(12)31-4)14-20(29)16(24)21(30)15-18(27)10(6-2)8-32-23(14)15/h10,26,28-30H,5-8H2,1-4H3. The van der Waals surface area contributed by atoms with Gasteiger partial charge in [0.15, 0.2) is 17.3 Å². The Morgan fingerprint density at radius 3 is 2.25 bits per heavy atom. The number of fused-ring (bicyclic) bond motifs is 1. The summed E-state index contributed by atoms with van der Waals surface area (Å²) in [5.41, 5.74) is -0.941. The Bertz CT molecular complexity index is 1120. The Hall–Kier alpha value is -3.13. The molecule has 2 aromatic carbocycles. The molecule has 1 atom stereocenters. The van der Waals surface area contributed by atoms with Crippen LogP contribution >= 0.6 is 11.6 Å². The van der Waals surface area contributed by atoms with Crippen molar-refractivity contribution in [1.82, 2.24) is 0 Å². The molecule has 3 rings (SSSR count). The average molecular weight is 465 g/mol. The van der Waals surface area contributed by atoms with E-state index < -0.39 is 45.5 Å². The summed E-state index contributed by atoms with van der Waals surface area (Å²) in [6.45, 7) is 5.02. The number of phenolic OH excluding ortho intramolecular Hbond substituents is 4. The minimum atomic E-state index is -0.713. The largest absolute Gasteiger partial charge is 0.507 e. The van der Waals surface area contributed by atoms with E-state index in [1.807, 2.05) is 0 Å². The quantitative estimate of drug-likeness (QED) is 0.451. The van der Waals surface area contributed by atoms with Crippen LogP contribution in [0.25, 0.3) is 11.1 Å². The molecule has 1 aliphatic heterocycles. The molecular formula is C23H25ClO8. The number of phenols is 4. The number of hydrogen-bond acceptors (Lipinski definition) is 8. The summed E-state index contributed by atoms with van der Waals surface area (Å²) in [5, 5.41) is 42.7. The van der Waals surface area contributed by atoms with Gasteiger partial charge < -0.3 is 29.9 Å². The molecule has 0 aliphatic carbocycles. The third-order valence-electron chi connectivity index (χ3n) is 5.73. The lowest BCUT2D eigenvalue weighted by Gasteiger charge is -2.28. The average Bonchev–Trinajstić information content (AvgIpc) is 2.76. The van der Waals surface area contributed by atoms with Crippen LogP contribution in [0.15, 0.2) is 0 Å². The zero-order chi connectivity index (χ0) is 23.9. The van der Waals surface area contributed by atoms with E-state index in [9.17, 15) is 30.0 Å². The summed E-state index contributed by atoms with van der Waals surface area (Å²) in [7, 11) is 1.30. The number of carbonyl (C=O) groups is 2. The predicted molar refractivity (Wildman–Crippen MR) is 118 cm³/mol. The van der Waals surface area contributed by atoms with Crippen molar-refractivity contribution in [3.63, 3.8) is 0 Å². The second kappa shape index (κ2) is 8.78. The lowest BCUT2D eigenvalue weighted by atomic mass is 9.86. The van der Waals surface area contributed by atoms with Crippen molar-refractivity contribution in [1.29, 1.82) is 0 Å². The smallest absolute Gasteiger partial charge is 0.176 e.